The van der Waals surface area contributed by atoms with Gasteiger partial charge in [0, 0.05) is 17.5 Å². The monoisotopic (exact) mass is 456 g/mol. The molecule has 33 heavy (non-hydrogen) atoms. The molecule has 0 aromatic carbocycles. The Morgan fingerprint density at radius 2 is 1.88 bits per heavy atom. The van der Waals surface area contributed by atoms with Crippen LogP contribution in [0.3, 0.4) is 0 Å². The Kier molecular flexibility index (Phi) is 6.92. The van der Waals surface area contributed by atoms with Crippen LogP contribution in [0.25, 0.3) is 0 Å². The van der Waals surface area contributed by atoms with Crippen molar-refractivity contribution in [2.45, 2.75) is 78.2 Å². The highest BCUT2D eigenvalue weighted by molar-refractivity contribution is 5.94. The number of aromatic nitrogens is 2. The highest BCUT2D eigenvalue weighted by atomic mass is 16.5. The molecule has 4 aliphatic carbocycles. The summed E-state index contributed by atoms with van der Waals surface area (Å²) < 4.78 is 4.86. The Labute approximate surface area is 197 Å². The molecule has 7 nitrogen and oxygen atoms in total. The minimum Gasteiger partial charge on any atom is -0.396 e. The van der Waals surface area contributed by atoms with Crippen molar-refractivity contribution in [3.8, 4) is 0 Å². The zero-order chi connectivity index (χ0) is 23.8. The maximum Gasteiger partial charge on any atom is 0.229 e. The molecule has 0 amide bonds. The largest absolute Gasteiger partial charge is 0.396 e. The Bertz CT molecular complexity index is 922. The van der Waals surface area contributed by atoms with Gasteiger partial charge < -0.3 is 19.9 Å². The summed E-state index contributed by atoms with van der Waals surface area (Å²) in [6, 6.07) is 0. The molecule has 7 heteroatoms. The highest BCUT2D eigenvalue weighted by Gasteiger charge is 2.58. The number of hydrogen-bond donors (Lipinski definition) is 2. The predicted molar refractivity (Wildman–Crippen MR) is 127 cm³/mol. The molecule has 1 aromatic rings. The van der Waals surface area contributed by atoms with Crippen molar-refractivity contribution < 1.29 is 14.4 Å². The molecule has 0 aliphatic heterocycles. The number of nitrogens with zero attached hydrogens (tertiary/aromatic N) is 3. The summed E-state index contributed by atoms with van der Waals surface area (Å²) in [6.45, 7) is 5.42. The summed E-state index contributed by atoms with van der Waals surface area (Å²) in [5.74, 6) is 3.85. The molecule has 3 saturated carbocycles. The molecule has 5 atom stereocenters. The average Bonchev–Trinajstić information content (AvgIpc) is 3.32. The number of carbonyl (C=O) groups is 1. The number of aliphatic hydroxyl groups excluding tert-OH is 1. The van der Waals surface area contributed by atoms with Gasteiger partial charge in [-0.05, 0) is 88.3 Å². The van der Waals surface area contributed by atoms with Gasteiger partial charge in [0.15, 0.2) is 5.82 Å². The van der Waals surface area contributed by atoms with E-state index in [1.807, 2.05) is 19.0 Å². The van der Waals surface area contributed by atoms with E-state index in [0.29, 0.717) is 41.8 Å². The van der Waals surface area contributed by atoms with Crippen LogP contribution in [0.5, 0.6) is 0 Å². The summed E-state index contributed by atoms with van der Waals surface area (Å²) in [5, 5.41) is 20.3. The second kappa shape index (κ2) is 9.41. The summed E-state index contributed by atoms with van der Waals surface area (Å²) in [4.78, 5) is 18.4. The van der Waals surface area contributed by atoms with Crippen molar-refractivity contribution in [1.29, 1.82) is 5.41 Å². The predicted octanol–water partition coefficient (Wildman–Crippen LogP) is 4.20. The zero-order valence-electron chi connectivity index (χ0n) is 20.7. The van der Waals surface area contributed by atoms with Crippen molar-refractivity contribution in [1.82, 2.24) is 15.0 Å². The number of Topliss-reactive ketones (excluding diaryl/α,β-unsaturated/α-hetero) is 1. The van der Waals surface area contributed by atoms with Crippen LogP contribution in [-0.4, -0.2) is 52.3 Å². The molecular weight excluding hydrogens is 416 g/mol. The van der Waals surface area contributed by atoms with Gasteiger partial charge in [-0.15, -0.1) is 0 Å². The smallest absolute Gasteiger partial charge is 0.229 e. The van der Waals surface area contributed by atoms with Crippen LogP contribution in [0.1, 0.15) is 76.9 Å². The topological polar surface area (TPSA) is 103 Å². The Morgan fingerprint density at radius 3 is 2.61 bits per heavy atom. The van der Waals surface area contributed by atoms with Crippen molar-refractivity contribution in [2.75, 3.05) is 20.7 Å². The minimum atomic E-state index is 0.000118. The maximum atomic E-state index is 12.4. The van der Waals surface area contributed by atoms with Gasteiger partial charge in [0.1, 0.15) is 5.78 Å². The van der Waals surface area contributed by atoms with Gasteiger partial charge in [-0.2, -0.15) is 4.98 Å². The third-order valence-corrected chi connectivity index (χ3v) is 9.00. The Hall–Kier alpha value is -1.86. The first-order valence-electron chi connectivity index (χ1n) is 12.6. The molecule has 2 N–H and O–H groups in total. The number of fused-ring (bicyclic) bond motifs is 5. The normalized spacial score (nSPS) is 35.3. The summed E-state index contributed by atoms with van der Waals surface area (Å²) in [5.41, 5.74) is 2.70. The first-order chi connectivity index (χ1) is 15.7. The lowest BCUT2D eigenvalue weighted by Gasteiger charge is -2.57. The summed E-state index contributed by atoms with van der Waals surface area (Å²) >= 11 is 0. The SMILES string of the molecule is CC12CCC(=N)C=C1CCC1C2CC[C@]2(C)C(=O)CCC12.CN(C)Cc1noc(CCO)n1. The number of allylic oxidation sites excluding steroid dienone is 2. The fraction of sp³-hybridized carbons (Fsp3) is 0.769. The Morgan fingerprint density at radius 1 is 1.12 bits per heavy atom. The van der Waals surface area contributed by atoms with E-state index in [9.17, 15) is 4.79 Å². The van der Waals surface area contributed by atoms with Gasteiger partial charge >= 0.3 is 0 Å². The number of rotatable bonds is 4. The quantitative estimate of drug-likeness (QED) is 0.704. The van der Waals surface area contributed by atoms with Gasteiger partial charge in [-0.3, -0.25) is 4.79 Å². The maximum absolute atomic E-state index is 12.4. The van der Waals surface area contributed by atoms with E-state index in [0.717, 1.165) is 49.7 Å². The van der Waals surface area contributed by atoms with Crippen LogP contribution in [-0.2, 0) is 17.8 Å². The number of hydrogen-bond acceptors (Lipinski definition) is 7. The first-order valence-corrected chi connectivity index (χ1v) is 12.6. The first kappa shape index (κ1) is 24.3. The van der Waals surface area contributed by atoms with E-state index >= 15 is 0 Å². The molecule has 0 saturated heterocycles. The van der Waals surface area contributed by atoms with Crippen LogP contribution >= 0.6 is 0 Å². The molecule has 0 bridgehead atoms. The highest BCUT2D eigenvalue weighted by Crippen LogP contribution is 2.64. The van der Waals surface area contributed by atoms with E-state index in [1.54, 1.807) is 5.57 Å². The second-order valence-electron chi connectivity index (χ2n) is 11.3. The summed E-state index contributed by atoms with van der Waals surface area (Å²) in [6.07, 6.45) is 11.5. The van der Waals surface area contributed by atoms with Crippen molar-refractivity contribution in [2.24, 2.45) is 28.6 Å². The van der Waals surface area contributed by atoms with Crippen LogP contribution in [0, 0.1) is 34.0 Å². The van der Waals surface area contributed by atoms with Crippen LogP contribution in [0.15, 0.2) is 16.2 Å². The third kappa shape index (κ3) is 4.59. The number of carbonyl (C=O) groups excluding carboxylic acids is 1. The second-order valence-corrected chi connectivity index (χ2v) is 11.3. The van der Waals surface area contributed by atoms with E-state index < -0.39 is 0 Å². The van der Waals surface area contributed by atoms with Crippen molar-refractivity contribution >= 4 is 11.5 Å². The number of ketones is 1. The molecule has 182 valence electrons. The molecule has 1 aromatic heterocycles. The lowest BCUT2D eigenvalue weighted by molar-refractivity contribution is -0.132. The van der Waals surface area contributed by atoms with E-state index in [1.165, 1.54) is 19.3 Å². The molecule has 5 rings (SSSR count). The van der Waals surface area contributed by atoms with E-state index in [2.05, 4.69) is 30.1 Å². The van der Waals surface area contributed by atoms with Crippen molar-refractivity contribution in [3.05, 3.63) is 23.4 Å². The minimum absolute atomic E-state index is 0.000118. The van der Waals surface area contributed by atoms with Gasteiger partial charge in [-0.1, -0.05) is 24.6 Å². The molecule has 4 aliphatic rings. The molecule has 4 unspecified atom stereocenters. The van der Waals surface area contributed by atoms with Crippen molar-refractivity contribution in [3.63, 3.8) is 0 Å². The van der Waals surface area contributed by atoms with Gasteiger partial charge in [-0.25, -0.2) is 0 Å². The lowest BCUT2D eigenvalue weighted by atomic mass is 9.47. The molecule has 0 spiro atoms. The fourth-order valence-corrected chi connectivity index (χ4v) is 7.19. The average molecular weight is 457 g/mol. The van der Waals surface area contributed by atoms with Crippen LogP contribution < -0.4 is 0 Å². The van der Waals surface area contributed by atoms with Crippen LogP contribution in [0.2, 0.25) is 0 Å². The van der Waals surface area contributed by atoms with Gasteiger partial charge in [0.05, 0.1) is 19.6 Å². The van der Waals surface area contributed by atoms with E-state index in [-0.39, 0.29) is 12.0 Å². The van der Waals surface area contributed by atoms with E-state index in [4.69, 9.17) is 15.0 Å². The lowest BCUT2D eigenvalue weighted by Crippen LogP contribution is -2.50. The molecular formula is C26H40N4O3. The number of aliphatic hydroxyl groups is 1. The molecule has 3 fully saturated rings. The van der Waals surface area contributed by atoms with Gasteiger partial charge in [0.2, 0.25) is 5.89 Å². The summed E-state index contributed by atoms with van der Waals surface area (Å²) in [7, 11) is 3.87. The third-order valence-electron chi connectivity index (χ3n) is 9.00. The fourth-order valence-electron chi connectivity index (χ4n) is 7.19. The molecule has 0 radical (unpaired) electrons. The zero-order valence-corrected chi connectivity index (χ0v) is 20.7. The standard InChI is InChI=1S/C19H27NO.C7H13N3O2/c1-18-9-7-13(20)11-12(18)3-4-14-15-5-6-17(21)19(15,2)10-8-16(14)18;1-10(2)5-6-8-7(3-4-11)12-9-6/h11,14-16,20H,3-10H2,1-2H3;11H,3-5H2,1-2H3/t14?,15?,16?,18?,19-;/m0./s1. The van der Waals surface area contributed by atoms with Gasteiger partial charge in [0.25, 0.3) is 0 Å². The molecule has 1 heterocycles. The Balaban J connectivity index is 0.000000185. The van der Waals surface area contributed by atoms with Crippen LogP contribution in [0.4, 0.5) is 0 Å². The number of nitrogens with one attached hydrogen (secondary N) is 1.